The second kappa shape index (κ2) is 15.1. The summed E-state index contributed by atoms with van der Waals surface area (Å²) in [5.41, 5.74) is 0. The molecule has 2 unspecified atom stereocenters. The van der Waals surface area contributed by atoms with Crippen molar-refractivity contribution in [3.05, 3.63) is 0 Å². The van der Waals surface area contributed by atoms with Crippen molar-refractivity contribution < 1.29 is 18.9 Å². The molecule has 1 saturated carbocycles. The van der Waals surface area contributed by atoms with Crippen LogP contribution in [0.25, 0.3) is 0 Å². The first-order valence-electron chi connectivity index (χ1n) is 11.2. The van der Waals surface area contributed by atoms with Crippen LogP contribution in [0.1, 0.15) is 116 Å². The lowest BCUT2D eigenvalue weighted by Crippen LogP contribution is -2.05. The zero-order valence-electron chi connectivity index (χ0n) is 17.0. The van der Waals surface area contributed by atoms with Gasteiger partial charge >= 0.3 is 7.82 Å². The van der Waals surface area contributed by atoms with E-state index in [-0.39, 0.29) is 6.61 Å². The summed E-state index contributed by atoms with van der Waals surface area (Å²) >= 11 is 0. The predicted octanol–water partition coefficient (Wildman–Crippen LogP) is 6.99. The zero-order valence-corrected chi connectivity index (χ0v) is 17.9. The van der Waals surface area contributed by atoms with Gasteiger partial charge in [0.25, 0.3) is 0 Å². The fourth-order valence-corrected chi connectivity index (χ4v) is 4.65. The molecular formula is C21H43O4P. The second-order valence-corrected chi connectivity index (χ2v) is 9.60. The van der Waals surface area contributed by atoms with Crippen LogP contribution < -0.4 is 0 Å². The molecule has 0 amide bonds. The third-order valence-electron chi connectivity index (χ3n) is 5.84. The smallest absolute Gasteiger partial charge is 0.303 e. The van der Waals surface area contributed by atoms with Crippen molar-refractivity contribution in [1.29, 1.82) is 0 Å². The summed E-state index contributed by atoms with van der Waals surface area (Å²) in [5, 5.41) is 0. The number of hydrogen-bond donors (Lipinski definition) is 2. The highest BCUT2D eigenvalue weighted by molar-refractivity contribution is 7.46. The first-order chi connectivity index (χ1) is 12.5. The van der Waals surface area contributed by atoms with Crippen molar-refractivity contribution in [1.82, 2.24) is 0 Å². The minimum atomic E-state index is -4.29. The average Bonchev–Trinajstić information content (AvgIpc) is 3.04. The van der Waals surface area contributed by atoms with Crippen molar-refractivity contribution in [3.8, 4) is 0 Å². The summed E-state index contributed by atoms with van der Waals surface area (Å²) in [6, 6.07) is 0. The average molecular weight is 391 g/mol. The molecule has 1 aliphatic carbocycles. The standard InChI is InChI=1S/C21H43O4P/c1-2-3-4-5-6-7-8-9-10-11-12-13-14-15-20-16-17-21(18-20)19-25-26(22,23)24/h20-21H,2-19H2,1H3,(H2,22,23,24). The molecule has 2 atom stereocenters. The van der Waals surface area contributed by atoms with Crippen molar-refractivity contribution in [2.45, 2.75) is 116 Å². The molecule has 0 radical (unpaired) electrons. The first kappa shape index (κ1) is 24.1. The monoisotopic (exact) mass is 390 g/mol. The normalized spacial score (nSPS) is 20.7. The van der Waals surface area contributed by atoms with Crippen LogP contribution in [0.4, 0.5) is 0 Å². The molecule has 1 fully saturated rings. The van der Waals surface area contributed by atoms with Gasteiger partial charge in [0.05, 0.1) is 6.61 Å². The molecule has 0 aromatic rings. The van der Waals surface area contributed by atoms with Crippen LogP contribution in [-0.2, 0) is 9.09 Å². The van der Waals surface area contributed by atoms with Crippen LogP contribution in [0.2, 0.25) is 0 Å². The summed E-state index contributed by atoms with van der Waals surface area (Å²) in [7, 11) is -4.29. The minimum Gasteiger partial charge on any atom is -0.303 e. The van der Waals surface area contributed by atoms with Gasteiger partial charge in [-0.1, -0.05) is 103 Å². The van der Waals surface area contributed by atoms with E-state index in [0.717, 1.165) is 18.8 Å². The van der Waals surface area contributed by atoms with Gasteiger partial charge in [-0.25, -0.2) is 4.57 Å². The van der Waals surface area contributed by atoms with Crippen molar-refractivity contribution >= 4 is 7.82 Å². The lowest BCUT2D eigenvalue weighted by molar-refractivity contribution is 0.167. The summed E-state index contributed by atoms with van der Waals surface area (Å²) < 4.78 is 15.4. The Morgan fingerprint density at radius 2 is 1.23 bits per heavy atom. The molecule has 0 aromatic heterocycles. The SMILES string of the molecule is CCCCCCCCCCCCCCCC1CCC(COP(=O)(O)O)C1. The molecule has 4 nitrogen and oxygen atoms in total. The lowest BCUT2D eigenvalue weighted by atomic mass is 9.97. The van der Waals surface area contributed by atoms with E-state index in [1.165, 1.54) is 96.3 Å². The summed E-state index contributed by atoms with van der Waals surface area (Å²) in [6.45, 7) is 2.49. The quantitative estimate of drug-likeness (QED) is 0.207. The summed E-state index contributed by atoms with van der Waals surface area (Å²) in [6.07, 6.45) is 22.7. The van der Waals surface area contributed by atoms with E-state index in [1.807, 2.05) is 0 Å². The highest BCUT2D eigenvalue weighted by Crippen LogP contribution is 2.40. The fourth-order valence-electron chi connectivity index (χ4n) is 4.25. The Morgan fingerprint density at radius 1 is 0.769 bits per heavy atom. The predicted molar refractivity (Wildman–Crippen MR) is 109 cm³/mol. The molecular weight excluding hydrogens is 347 g/mol. The first-order valence-corrected chi connectivity index (χ1v) is 12.7. The second-order valence-electron chi connectivity index (χ2n) is 8.36. The van der Waals surface area contributed by atoms with E-state index >= 15 is 0 Å². The molecule has 0 bridgehead atoms. The minimum absolute atomic E-state index is 0.222. The molecule has 1 rings (SSSR count). The molecule has 5 heteroatoms. The Hall–Kier alpha value is 0.110. The van der Waals surface area contributed by atoms with Gasteiger partial charge in [0.1, 0.15) is 0 Å². The van der Waals surface area contributed by atoms with Gasteiger partial charge in [0.2, 0.25) is 0 Å². The van der Waals surface area contributed by atoms with Gasteiger partial charge < -0.3 is 9.79 Å². The van der Waals surface area contributed by atoms with Crippen LogP contribution in [0.3, 0.4) is 0 Å². The number of hydrogen-bond acceptors (Lipinski definition) is 2. The Kier molecular flexibility index (Phi) is 14.0. The highest BCUT2D eigenvalue weighted by Gasteiger charge is 2.26. The van der Waals surface area contributed by atoms with E-state index in [2.05, 4.69) is 11.4 Å². The molecule has 0 aromatic carbocycles. The lowest BCUT2D eigenvalue weighted by Gasteiger charge is -2.12. The molecule has 0 aliphatic heterocycles. The third kappa shape index (κ3) is 14.2. The number of unbranched alkanes of at least 4 members (excludes halogenated alkanes) is 12. The number of rotatable bonds is 17. The summed E-state index contributed by atoms with van der Waals surface area (Å²) in [5.74, 6) is 1.09. The molecule has 0 heterocycles. The van der Waals surface area contributed by atoms with E-state index < -0.39 is 7.82 Å². The van der Waals surface area contributed by atoms with E-state index in [1.54, 1.807) is 0 Å². The largest absolute Gasteiger partial charge is 0.469 e. The number of phosphoric ester groups is 1. The van der Waals surface area contributed by atoms with Gasteiger partial charge in [0.15, 0.2) is 0 Å². The Balaban J connectivity index is 1.82. The van der Waals surface area contributed by atoms with E-state index in [9.17, 15) is 4.57 Å². The Bertz CT molecular complexity index is 369. The maximum atomic E-state index is 10.8. The van der Waals surface area contributed by atoms with Gasteiger partial charge in [-0.3, -0.25) is 4.52 Å². The molecule has 26 heavy (non-hydrogen) atoms. The maximum absolute atomic E-state index is 10.8. The van der Waals surface area contributed by atoms with Crippen LogP contribution in [0.5, 0.6) is 0 Å². The van der Waals surface area contributed by atoms with Crippen molar-refractivity contribution in [2.75, 3.05) is 6.61 Å². The topological polar surface area (TPSA) is 66.8 Å². The van der Waals surface area contributed by atoms with E-state index in [0.29, 0.717) is 5.92 Å². The van der Waals surface area contributed by atoms with Crippen LogP contribution in [0, 0.1) is 11.8 Å². The zero-order chi connectivity index (χ0) is 19.1. The van der Waals surface area contributed by atoms with Crippen molar-refractivity contribution in [3.63, 3.8) is 0 Å². The van der Waals surface area contributed by atoms with Gasteiger partial charge in [0, 0.05) is 0 Å². The molecule has 1 aliphatic rings. The maximum Gasteiger partial charge on any atom is 0.469 e. The number of phosphoric acid groups is 1. The third-order valence-corrected chi connectivity index (χ3v) is 6.33. The molecule has 0 spiro atoms. The van der Waals surface area contributed by atoms with Gasteiger partial charge in [-0.05, 0) is 24.7 Å². The van der Waals surface area contributed by atoms with E-state index in [4.69, 9.17) is 9.79 Å². The Labute approximate surface area is 161 Å². The Morgan fingerprint density at radius 3 is 1.73 bits per heavy atom. The fraction of sp³-hybridized carbons (Fsp3) is 1.00. The summed E-state index contributed by atoms with van der Waals surface area (Å²) in [4.78, 5) is 17.5. The van der Waals surface area contributed by atoms with Gasteiger partial charge in [-0.15, -0.1) is 0 Å². The van der Waals surface area contributed by atoms with Crippen molar-refractivity contribution in [2.24, 2.45) is 11.8 Å². The highest BCUT2D eigenvalue weighted by atomic mass is 31.2. The van der Waals surface area contributed by atoms with Gasteiger partial charge in [-0.2, -0.15) is 0 Å². The molecule has 156 valence electrons. The van der Waals surface area contributed by atoms with Crippen LogP contribution >= 0.6 is 7.82 Å². The van der Waals surface area contributed by atoms with Crippen LogP contribution in [0.15, 0.2) is 0 Å². The molecule has 0 saturated heterocycles. The van der Waals surface area contributed by atoms with Crippen LogP contribution in [-0.4, -0.2) is 16.4 Å². The molecule has 2 N–H and O–H groups in total.